The summed E-state index contributed by atoms with van der Waals surface area (Å²) in [6, 6.07) is 0. The van der Waals surface area contributed by atoms with Crippen LogP contribution >= 0.6 is 0 Å². The van der Waals surface area contributed by atoms with Crippen LogP contribution in [0.3, 0.4) is 0 Å². The molecular formula is C10H17N3O2. The smallest absolute Gasteiger partial charge is 0.249 e. The molecular weight excluding hydrogens is 194 g/mol. The summed E-state index contributed by atoms with van der Waals surface area (Å²) >= 11 is 0. The van der Waals surface area contributed by atoms with Crippen LogP contribution in [-0.4, -0.2) is 23.4 Å². The maximum atomic E-state index is 6.10. The molecule has 0 bridgehead atoms. The number of rotatable bonds is 3. The van der Waals surface area contributed by atoms with E-state index in [0.717, 1.165) is 18.7 Å². The Labute approximate surface area is 89.0 Å². The van der Waals surface area contributed by atoms with Crippen molar-refractivity contribution < 1.29 is 9.26 Å². The van der Waals surface area contributed by atoms with E-state index in [1.54, 1.807) is 0 Å². The molecule has 1 saturated heterocycles. The Hall–Kier alpha value is -0.940. The first-order chi connectivity index (χ1) is 7.10. The second kappa shape index (κ2) is 3.90. The summed E-state index contributed by atoms with van der Waals surface area (Å²) in [6.07, 6.45) is 1.57. The van der Waals surface area contributed by atoms with Gasteiger partial charge in [0.15, 0.2) is 5.82 Å². The van der Waals surface area contributed by atoms with Crippen LogP contribution in [0, 0.1) is 5.92 Å². The van der Waals surface area contributed by atoms with Gasteiger partial charge >= 0.3 is 0 Å². The molecule has 84 valence electrons. The van der Waals surface area contributed by atoms with Gasteiger partial charge in [-0.15, -0.1) is 0 Å². The van der Waals surface area contributed by atoms with Crippen molar-refractivity contribution in [2.24, 2.45) is 11.7 Å². The number of hydrogen-bond donors (Lipinski definition) is 1. The lowest BCUT2D eigenvalue weighted by Crippen LogP contribution is -2.37. The molecule has 0 spiro atoms. The quantitative estimate of drug-likeness (QED) is 0.802. The molecule has 0 radical (unpaired) electrons. The molecule has 0 aliphatic carbocycles. The zero-order valence-electron chi connectivity index (χ0n) is 9.19. The fraction of sp³-hybridized carbons (Fsp3) is 0.800. The largest absolute Gasteiger partial charge is 0.379 e. The van der Waals surface area contributed by atoms with E-state index in [-0.39, 0.29) is 0 Å². The summed E-state index contributed by atoms with van der Waals surface area (Å²) in [5.41, 5.74) is 5.54. The molecule has 0 saturated carbocycles. The van der Waals surface area contributed by atoms with E-state index >= 15 is 0 Å². The first kappa shape index (κ1) is 10.6. The van der Waals surface area contributed by atoms with E-state index in [4.69, 9.17) is 15.0 Å². The highest BCUT2D eigenvalue weighted by molar-refractivity contribution is 5.04. The lowest BCUT2D eigenvalue weighted by Gasteiger charge is -2.15. The maximum absolute atomic E-state index is 6.10. The minimum Gasteiger partial charge on any atom is -0.379 e. The normalized spacial score (nSPS) is 26.4. The van der Waals surface area contributed by atoms with E-state index in [1.165, 1.54) is 0 Å². The van der Waals surface area contributed by atoms with E-state index in [2.05, 4.69) is 24.0 Å². The summed E-state index contributed by atoms with van der Waals surface area (Å²) in [4.78, 5) is 4.32. The van der Waals surface area contributed by atoms with Crippen LogP contribution in [0.1, 0.15) is 32.0 Å². The van der Waals surface area contributed by atoms with Gasteiger partial charge in [0.1, 0.15) is 5.54 Å². The molecule has 0 aromatic carbocycles. The van der Waals surface area contributed by atoms with Crippen LogP contribution in [0.2, 0.25) is 0 Å². The summed E-state index contributed by atoms with van der Waals surface area (Å²) in [7, 11) is 0. The zero-order valence-corrected chi connectivity index (χ0v) is 9.19. The van der Waals surface area contributed by atoms with Crippen molar-refractivity contribution in [3.63, 3.8) is 0 Å². The van der Waals surface area contributed by atoms with Crippen LogP contribution in [-0.2, 0) is 16.7 Å². The second-order valence-electron chi connectivity index (χ2n) is 4.57. The average Bonchev–Trinajstić information content (AvgIpc) is 2.74. The molecule has 5 heteroatoms. The molecule has 0 amide bonds. The third-order valence-electron chi connectivity index (χ3n) is 2.54. The van der Waals surface area contributed by atoms with Gasteiger partial charge in [-0.3, -0.25) is 0 Å². The van der Waals surface area contributed by atoms with E-state index in [9.17, 15) is 0 Å². The maximum Gasteiger partial charge on any atom is 0.249 e. The Morgan fingerprint density at radius 1 is 1.53 bits per heavy atom. The van der Waals surface area contributed by atoms with Crippen LogP contribution in [0.25, 0.3) is 0 Å². The van der Waals surface area contributed by atoms with Crippen molar-refractivity contribution in [2.45, 2.75) is 32.2 Å². The van der Waals surface area contributed by atoms with Crippen LogP contribution < -0.4 is 5.73 Å². The fourth-order valence-electron chi connectivity index (χ4n) is 1.65. The monoisotopic (exact) mass is 211 g/mol. The molecule has 2 rings (SSSR count). The standard InChI is InChI=1S/C10H17N3O2/c1-7(2)5-8-12-9(15-13-8)10(11)3-4-14-6-10/h7H,3-6,11H2,1-2H3. The summed E-state index contributed by atoms with van der Waals surface area (Å²) < 4.78 is 10.4. The van der Waals surface area contributed by atoms with E-state index in [0.29, 0.717) is 25.0 Å². The zero-order chi connectivity index (χ0) is 10.9. The van der Waals surface area contributed by atoms with Crippen molar-refractivity contribution in [2.75, 3.05) is 13.2 Å². The first-order valence-electron chi connectivity index (χ1n) is 5.30. The van der Waals surface area contributed by atoms with Gasteiger partial charge in [-0.1, -0.05) is 19.0 Å². The predicted molar refractivity (Wildman–Crippen MR) is 54.1 cm³/mol. The van der Waals surface area contributed by atoms with Gasteiger partial charge < -0.3 is 15.0 Å². The van der Waals surface area contributed by atoms with Gasteiger partial charge in [0, 0.05) is 13.0 Å². The van der Waals surface area contributed by atoms with Crippen molar-refractivity contribution in [1.29, 1.82) is 0 Å². The number of aromatic nitrogens is 2. The molecule has 1 unspecified atom stereocenters. The minimum atomic E-state index is -0.567. The highest BCUT2D eigenvalue weighted by Gasteiger charge is 2.38. The van der Waals surface area contributed by atoms with Gasteiger partial charge in [-0.05, 0) is 12.3 Å². The third kappa shape index (κ3) is 2.18. The predicted octanol–water partition coefficient (Wildman–Crippen LogP) is 0.842. The van der Waals surface area contributed by atoms with Crippen molar-refractivity contribution in [3.8, 4) is 0 Å². The number of hydrogen-bond acceptors (Lipinski definition) is 5. The lowest BCUT2D eigenvalue weighted by molar-refractivity contribution is 0.166. The SMILES string of the molecule is CC(C)Cc1noc(C2(N)CCOC2)n1. The van der Waals surface area contributed by atoms with Gasteiger partial charge in [-0.2, -0.15) is 4.98 Å². The molecule has 2 heterocycles. The number of ether oxygens (including phenoxy) is 1. The molecule has 1 fully saturated rings. The van der Waals surface area contributed by atoms with Gasteiger partial charge in [-0.25, -0.2) is 0 Å². The highest BCUT2D eigenvalue weighted by atomic mass is 16.5. The van der Waals surface area contributed by atoms with Gasteiger partial charge in [0.25, 0.3) is 0 Å². The summed E-state index contributed by atoms with van der Waals surface area (Å²) in [6.45, 7) is 5.37. The Bertz CT molecular complexity index is 329. The van der Waals surface area contributed by atoms with E-state index in [1.807, 2.05) is 0 Å². The molecule has 1 aliphatic rings. The Kier molecular flexibility index (Phi) is 2.75. The van der Waals surface area contributed by atoms with Gasteiger partial charge in [0.2, 0.25) is 5.89 Å². The third-order valence-corrected chi connectivity index (χ3v) is 2.54. The molecule has 15 heavy (non-hydrogen) atoms. The van der Waals surface area contributed by atoms with Crippen molar-refractivity contribution in [1.82, 2.24) is 10.1 Å². The van der Waals surface area contributed by atoms with Crippen molar-refractivity contribution >= 4 is 0 Å². The van der Waals surface area contributed by atoms with E-state index < -0.39 is 5.54 Å². The molecule has 1 aromatic heterocycles. The summed E-state index contributed by atoms with van der Waals surface area (Å²) in [5.74, 6) is 1.76. The Morgan fingerprint density at radius 3 is 2.93 bits per heavy atom. The van der Waals surface area contributed by atoms with Crippen LogP contribution in [0.5, 0.6) is 0 Å². The Morgan fingerprint density at radius 2 is 2.33 bits per heavy atom. The average molecular weight is 211 g/mol. The molecule has 1 aliphatic heterocycles. The number of nitrogens with zero attached hydrogens (tertiary/aromatic N) is 2. The summed E-state index contributed by atoms with van der Waals surface area (Å²) in [5, 5.41) is 3.92. The lowest BCUT2D eigenvalue weighted by atomic mass is 10.0. The molecule has 1 aromatic rings. The second-order valence-corrected chi connectivity index (χ2v) is 4.57. The van der Waals surface area contributed by atoms with Crippen molar-refractivity contribution in [3.05, 3.63) is 11.7 Å². The Balaban J connectivity index is 2.12. The highest BCUT2D eigenvalue weighted by Crippen LogP contribution is 2.26. The van der Waals surface area contributed by atoms with Crippen LogP contribution in [0.4, 0.5) is 0 Å². The minimum absolute atomic E-state index is 0.469. The first-order valence-corrected chi connectivity index (χ1v) is 5.30. The molecule has 2 N–H and O–H groups in total. The number of nitrogens with two attached hydrogens (primary N) is 1. The van der Waals surface area contributed by atoms with Crippen LogP contribution in [0.15, 0.2) is 4.52 Å². The van der Waals surface area contributed by atoms with Gasteiger partial charge in [0.05, 0.1) is 6.61 Å². The fourth-order valence-corrected chi connectivity index (χ4v) is 1.65. The topological polar surface area (TPSA) is 74.2 Å². The molecule has 1 atom stereocenters. The molecule has 5 nitrogen and oxygen atoms in total.